The fourth-order valence-electron chi connectivity index (χ4n) is 5.33. The number of alkyl halides is 3. The molecule has 8 nitrogen and oxygen atoms in total. The van der Waals surface area contributed by atoms with Crippen molar-refractivity contribution in [3.8, 4) is 0 Å². The predicted molar refractivity (Wildman–Crippen MR) is 144 cm³/mol. The Labute approximate surface area is 234 Å². The van der Waals surface area contributed by atoms with Crippen molar-refractivity contribution in [1.82, 2.24) is 25.4 Å². The standard InChI is InChI=1S/C30H28F3N5O3/c1-2-37-24-18-38(23(15-19-9-4-3-5-10-19)27(39)35-17-20-11-8-14-34-16-20)28(40)25(24)26(36-29(37)41)21-12-6-7-13-22(21)30(31,32)33/h3-14,16,23,26H,2,15,17-18H2,1H3,(H,35,39)(H,36,41)/t23-,26+/m1/s1. The van der Waals surface area contributed by atoms with E-state index in [1.807, 2.05) is 30.3 Å². The van der Waals surface area contributed by atoms with Crippen molar-refractivity contribution in [1.29, 1.82) is 0 Å². The highest BCUT2D eigenvalue weighted by molar-refractivity contribution is 6.03. The molecule has 0 bridgehead atoms. The van der Waals surface area contributed by atoms with E-state index in [1.165, 1.54) is 28.0 Å². The van der Waals surface area contributed by atoms with Gasteiger partial charge in [0.1, 0.15) is 6.04 Å². The molecule has 2 N–H and O–H groups in total. The lowest BCUT2D eigenvalue weighted by molar-refractivity contribution is -0.138. The number of nitrogens with one attached hydrogen (secondary N) is 2. The van der Waals surface area contributed by atoms with Crippen molar-refractivity contribution < 1.29 is 27.6 Å². The summed E-state index contributed by atoms with van der Waals surface area (Å²) in [7, 11) is 0. The molecule has 3 heterocycles. The first-order chi connectivity index (χ1) is 19.7. The Morgan fingerprint density at radius 1 is 1.05 bits per heavy atom. The molecule has 41 heavy (non-hydrogen) atoms. The van der Waals surface area contributed by atoms with Crippen LogP contribution in [0, 0.1) is 0 Å². The van der Waals surface area contributed by atoms with E-state index in [1.54, 1.807) is 31.5 Å². The number of benzene rings is 2. The first-order valence-electron chi connectivity index (χ1n) is 13.2. The molecule has 0 saturated carbocycles. The van der Waals surface area contributed by atoms with E-state index in [0.717, 1.165) is 17.2 Å². The number of carbonyl (C=O) groups is 3. The number of amides is 4. The Kier molecular flexibility index (Phi) is 7.78. The molecule has 0 fully saturated rings. The van der Waals surface area contributed by atoms with Crippen molar-refractivity contribution in [2.24, 2.45) is 0 Å². The summed E-state index contributed by atoms with van der Waals surface area (Å²) in [5, 5.41) is 5.47. The molecule has 4 amide bonds. The number of urea groups is 1. The van der Waals surface area contributed by atoms with Gasteiger partial charge in [-0.2, -0.15) is 13.2 Å². The van der Waals surface area contributed by atoms with E-state index in [4.69, 9.17) is 0 Å². The lowest BCUT2D eigenvalue weighted by Crippen LogP contribution is -2.49. The SMILES string of the molecule is CCN1C(=O)N[C@@H](c2ccccc2C(F)(F)F)C2=C1CN([C@H](Cc1ccccc1)C(=O)NCc1cccnc1)C2=O. The molecule has 2 atom stereocenters. The average Bonchev–Trinajstić information content (AvgIpc) is 3.31. The maximum Gasteiger partial charge on any atom is 0.416 e. The molecule has 212 valence electrons. The van der Waals surface area contributed by atoms with E-state index in [2.05, 4.69) is 15.6 Å². The van der Waals surface area contributed by atoms with Crippen LogP contribution in [0.4, 0.5) is 18.0 Å². The normalized spacial score (nSPS) is 17.8. The van der Waals surface area contributed by atoms with Gasteiger partial charge >= 0.3 is 12.2 Å². The zero-order valence-electron chi connectivity index (χ0n) is 22.2. The van der Waals surface area contributed by atoms with Gasteiger partial charge < -0.3 is 15.5 Å². The molecule has 0 aliphatic carbocycles. The second-order valence-corrected chi connectivity index (χ2v) is 9.79. The Morgan fingerprint density at radius 2 is 1.76 bits per heavy atom. The molecule has 2 aromatic carbocycles. The van der Waals surface area contributed by atoms with Crippen LogP contribution >= 0.6 is 0 Å². The number of hydrogen-bond donors (Lipinski definition) is 2. The second-order valence-electron chi connectivity index (χ2n) is 9.79. The zero-order chi connectivity index (χ0) is 29.1. The number of carbonyl (C=O) groups excluding carboxylic acids is 3. The van der Waals surface area contributed by atoms with E-state index >= 15 is 0 Å². The lowest BCUT2D eigenvalue weighted by Gasteiger charge is -2.33. The highest BCUT2D eigenvalue weighted by atomic mass is 19.4. The van der Waals surface area contributed by atoms with Crippen molar-refractivity contribution in [3.63, 3.8) is 0 Å². The van der Waals surface area contributed by atoms with Crippen LogP contribution in [0.1, 0.15) is 35.2 Å². The van der Waals surface area contributed by atoms with Crippen LogP contribution in [0.3, 0.4) is 0 Å². The van der Waals surface area contributed by atoms with E-state index < -0.39 is 41.7 Å². The van der Waals surface area contributed by atoms with Gasteiger partial charge in [-0.15, -0.1) is 0 Å². The van der Waals surface area contributed by atoms with Gasteiger partial charge in [0.25, 0.3) is 5.91 Å². The van der Waals surface area contributed by atoms with Crippen LogP contribution < -0.4 is 10.6 Å². The molecule has 0 radical (unpaired) electrons. The molecule has 3 aromatic rings. The smallest absolute Gasteiger partial charge is 0.350 e. The van der Waals surface area contributed by atoms with Gasteiger partial charge in [-0.1, -0.05) is 54.6 Å². The molecule has 0 spiro atoms. The van der Waals surface area contributed by atoms with Crippen molar-refractivity contribution in [2.45, 2.75) is 38.1 Å². The number of rotatable bonds is 8. The topological polar surface area (TPSA) is 94.6 Å². The van der Waals surface area contributed by atoms with Crippen LogP contribution in [0.5, 0.6) is 0 Å². The lowest BCUT2D eigenvalue weighted by atomic mass is 9.91. The molecular formula is C30H28F3N5O3. The highest BCUT2D eigenvalue weighted by Crippen LogP contribution is 2.42. The van der Waals surface area contributed by atoms with Gasteiger partial charge in [0.05, 0.1) is 29.4 Å². The van der Waals surface area contributed by atoms with Crippen molar-refractivity contribution >= 4 is 17.8 Å². The summed E-state index contributed by atoms with van der Waals surface area (Å²) in [6.45, 7) is 1.98. The van der Waals surface area contributed by atoms with Gasteiger partial charge in [-0.05, 0) is 35.7 Å². The minimum Gasteiger partial charge on any atom is -0.350 e. The first kappa shape index (κ1) is 27.9. The van der Waals surface area contributed by atoms with Gasteiger partial charge in [0, 0.05) is 31.9 Å². The van der Waals surface area contributed by atoms with Crippen LogP contribution in [0.2, 0.25) is 0 Å². The predicted octanol–water partition coefficient (Wildman–Crippen LogP) is 4.21. The number of aromatic nitrogens is 1. The monoisotopic (exact) mass is 563 g/mol. The molecular weight excluding hydrogens is 535 g/mol. The van der Waals surface area contributed by atoms with E-state index in [-0.39, 0.29) is 37.2 Å². The number of nitrogens with zero attached hydrogens (tertiary/aromatic N) is 3. The summed E-state index contributed by atoms with van der Waals surface area (Å²) in [4.78, 5) is 47.5. The summed E-state index contributed by atoms with van der Waals surface area (Å²) < 4.78 is 41.9. The summed E-state index contributed by atoms with van der Waals surface area (Å²) >= 11 is 0. The number of pyridine rings is 1. The molecule has 2 aliphatic rings. The minimum atomic E-state index is -4.70. The maximum absolute atomic E-state index is 14.1. The summed E-state index contributed by atoms with van der Waals surface area (Å²) in [5.41, 5.74) is 0.714. The molecule has 1 aromatic heterocycles. The number of hydrogen-bond acceptors (Lipinski definition) is 4. The number of halogens is 3. The van der Waals surface area contributed by atoms with E-state index in [9.17, 15) is 27.6 Å². The molecule has 0 unspecified atom stereocenters. The largest absolute Gasteiger partial charge is 0.416 e. The third-order valence-corrected chi connectivity index (χ3v) is 7.28. The Morgan fingerprint density at radius 3 is 2.44 bits per heavy atom. The van der Waals surface area contributed by atoms with Gasteiger partial charge in [0.2, 0.25) is 5.91 Å². The first-order valence-corrected chi connectivity index (χ1v) is 13.2. The van der Waals surface area contributed by atoms with Gasteiger partial charge in [0.15, 0.2) is 0 Å². The van der Waals surface area contributed by atoms with Crippen LogP contribution in [0.25, 0.3) is 0 Å². The third-order valence-electron chi connectivity index (χ3n) is 7.28. The molecule has 5 rings (SSSR count). The van der Waals surface area contributed by atoms with Crippen molar-refractivity contribution in [3.05, 3.63) is 113 Å². The fourth-order valence-corrected chi connectivity index (χ4v) is 5.33. The minimum absolute atomic E-state index is 0.0290. The summed E-state index contributed by atoms with van der Waals surface area (Å²) in [5.74, 6) is -1.03. The fraction of sp³-hybridized carbons (Fsp3) is 0.267. The number of likely N-dealkylation sites (N-methyl/N-ethyl adjacent to an activating group) is 1. The van der Waals surface area contributed by atoms with Crippen LogP contribution in [-0.4, -0.2) is 51.8 Å². The van der Waals surface area contributed by atoms with Gasteiger partial charge in [-0.25, -0.2) is 4.79 Å². The highest BCUT2D eigenvalue weighted by Gasteiger charge is 2.48. The van der Waals surface area contributed by atoms with Crippen LogP contribution in [-0.2, 0) is 28.7 Å². The quantitative estimate of drug-likeness (QED) is 0.430. The average molecular weight is 564 g/mol. The maximum atomic E-state index is 14.1. The van der Waals surface area contributed by atoms with Crippen LogP contribution in [0.15, 0.2) is 90.4 Å². The molecule has 11 heteroatoms. The van der Waals surface area contributed by atoms with E-state index in [0.29, 0.717) is 5.70 Å². The summed E-state index contributed by atoms with van der Waals surface area (Å²) in [6.07, 6.45) is -1.30. The Hall–Kier alpha value is -4.67. The zero-order valence-corrected chi connectivity index (χ0v) is 22.2. The summed E-state index contributed by atoms with van der Waals surface area (Å²) in [6, 6.07) is 14.7. The second kappa shape index (κ2) is 11.4. The molecule has 2 aliphatic heterocycles. The Bertz CT molecular complexity index is 1480. The van der Waals surface area contributed by atoms with Gasteiger partial charge in [-0.3, -0.25) is 19.5 Å². The van der Waals surface area contributed by atoms with Crippen molar-refractivity contribution in [2.75, 3.05) is 13.1 Å². The molecule has 0 saturated heterocycles. The third kappa shape index (κ3) is 5.65. The Balaban J connectivity index is 1.52.